The van der Waals surface area contributed by atoms with Gasteiger partial charge in [-0.1, -0.05) is 204 Å². The van der Waals surface area contributed by atoms with Crippen LogP contribution in [0.2, 0.25) is 0 Å². The van der Waals surface area contributed by atoms with Gasteiger partial charge >= 0.3 is 5.97 Å². The number of hydrogen-bond acceptors (Lipinski definition) is 5. The van der Waals surface area contributed by atoms with Crippen LogP contribution >= 0.6 is 0 Å². The molecule has 0 radical (unpaired) electrons. The molecule has 0 heterocycles. The summed E-state index contributed by atoms with van der Waals surface area (Å²) in [5, 5.41) is 23.7. The SMILES string of the molecule is CC/C=C/C/C=C/CCCCCCCC(CC(=O)NC(CO)C(O)CCCCCCCCCCCCCC)OC(=O)CCCCCC/C=C\C/C=C\C/C=C\CCCCC. The Balaban J connectivity index is 4.61. The number of esters is 1. The quantitative estimate of drug-likeness (QED) is 0.0322. The Kier molecular flexibility index (Phi) is 45.7. The standard InChI is InChI=1S/C54H97NO5/c1-4-7-10-13-16-19-22-25-26-27-28-29-32-35-38-41-44-47-54(59)60-50(45-42-39-36-33-30-23-20-17-14-11-8-5-2)48-53(58)55-51(49-56)52(57)46-43-40-37-34-31-24-21-18-15-12-9-6-3/h8,11,16-17,19-20,25-26,28-29,50-52,56-57H,4-7,9-10,12-15,18,21-24,27,30-49H2,1-3H3,(H,55,58)/b11-8+,19-16-,20-17+,26-25-,29-28-. The summed E-state index contributed by atoms with van der Waals surface area (Å²) >= 11 is 0. The summed E-state index contributed by atoms with van der Waals surface area (Å²) in [6, 6.07) is -0.711. The normalized spacial score (nSPS) is 13.8. The van der Waals surface area contributed by atoms with E-state index in [2.05, 4.69) is 86.8 Å². The first-order valence-electron chi connectivity index (χ1n) is 25.5. The fourth-order valence-electron chi connectivity index (χ4n) is 7.47. The molecule has 0 fully saturated rings. The van der Waals surface area contributed by atoms with E-state index in [1.165, 1.54) is 96.3 Å². The second kappa shape index (κ2) is 47.6. The molecule has 0 aliphatic carbocycles. The monoisotopic (exact) mass is 840 g/mol. The number of amides is 1. The van der Waals surface area contributed by atoms with E-state index in [9.17, 15) is 19.8 Å². The average Bonchev–Trinajstić information content (AvgIpc) is 3.24. The second-order valence-corrected chi connectivity index (χ2v) is 17.2. The molecule has 6 nitrogen and oxygen atoms in total. The summed E-state index contributed by atoms with van der Waals surface area (Å²) in [6.45, 7) is 6.33. The predicted octanol–water partition coefficient (Wildman–Crippen LogP) is 15.2. The van der Waals surface area contributed by atoms with Crippen molar-refractivity contribution in [2.75, 3.05) is 6.61 Å². The average molecular weight is 840 g/mol. The van der Waals surface area contributed by atoms with Crippen LogP contribution in [0.25, 0.3) is 0 Å². The molecule has 3 atom stereocenters. The molecule has 0 aromatic rings. The summed E-state index contributed by atoms with van der Waals surface area (Å²) in [6.07, 6.45) is 58.5. The van der Waals surface area contributed by atoms with E-state index in [0.29, 0.717) is 19.3 Å². The van der Waals surface area contributed by atoms with E-state index in [4.69, 9.17) is 4.74 Å². The van der Waals surface area contributed by atoms with Crippen LogP contribution in [0.1, 0.15) is 245 Å². The number of nitrogens with one attached hydrogen (secondary N) is 1. The zero-order valence-electron chi connectivity index (χ0n) is 39.6. The molecule has 0 aromatic heterocycles. The molecule has 0 spiro atoms. The highest BCUT2D eigenvalue weighted by molar-refractivity contribution is 5.77. The Labute approximate surface area is 371 Å². The summed E-state index contributed by atoms with van der Waals surface area (Å²) < 4.78 is 5.91. The highest BCUT2D eigenvalue weighted by Crippen LogP contribution is 2.17. The first-order chi connectivity index (χ1) is 29.5. The predicted molar refractivity (Wildman–Crippen MR) is 259 cm³/mol. The molecule has 0 rings (SSSR count). The van der Waals surface area contributed by atoms with Gasteiger partial charge in [-0.3, -0.25) is 9.59 Å². The number of carbonyl (C=O) groups is 2. The number of unbranched alkanes of at least 4 members (excludes halogenated alkanes) is 23. The summed E-state index contributed by atoms with van der Waals surface area (Å²) in [7, 11) is 0. The van der Waals surface area contributed by atoms with Crippen LogP contribution in [0.4, 0.5) is 0 Å². The van der Waals surface area contributed by atoms with Crippen molar-refractivity contribution < 1.29 is 24.5 Å². The summed E-state index contributed by atoms with van der Waals surface area (Å²) in [4.78, 5) is 26.1. The molecule has 3 unspecified atom stereocenters. The molecular weight excluding hydrogens is 743 g/mol. The van der Waals surface area contributed by atoms with Crippen LogP contribution in [0.5, 0.6) is 0 Å². The van der Waals surface area contributed by atoms with Gasteiger partial charge in [0.15, 0.2) is 0 Å². The fourth-order valence-corrected chi connectivity index (χ4v) is 7.47. The lowest BCUT2D eigenvalue weighted by atomic mass is 10.0. The van der Waals surface area contributed by atoms with Gasteiger partial charge in [-0.2, -0.15) is 0 Å². The molecule has 6 heteroatoms. The third kappa shape index (κ3) is 42.3. The number of rotatable bonds is 45. The van der Waals surface area contributed by atoms with Gasteiger partial charge in [0.05, 0.1) is 25.2 Å². The topological polar surface area (TPSA) is 95.9 Å². The number of ether oxygens (including phenoxy) is 1. The number of hydrogen-bond donors (Lipinski definition) is 3. The minimum Gasteiger partial charge on any atom is -0.462 e. The zero-order valence-corrected chi connectivity index (χ0v) is 39.6. The van der Waals surface area contributed by atoms with Crippen LogP contribution in [-0.4, -0.2) is 46.9 Å². The number of carbonyl (C=O) groups excluding carboxylic acids is 2. The zero-order chi connectivity index (χ0) is 43.8. The van der Waals surface area contributed by atoms with Gasteiger partial charge in [0.1, 0.15) is 6.10 Å². The molecule has 0 aliphatic rings. The van der Waals surface area contributed by atoms with E-state index in [0.717, 1.165) is 103 Å². The van der Waals surface area contributed by atoms with Crippen molar-refractivity contribution in [3.05, 3.63) is 60.8 Å². The highest BCUT2D eigenvalue weighted by Gasteiger charge is 2.24. The number of allylic oxidation sites excluding steroid dienone is 10. The van der Waals surface area contributed by atoms with Gasteiger partial charge in [-0.05, 0) is 89.9 Å². The van der Waals surface area contributed by atoms with Crippen LogP contribution in [0.15, 0.2) is 60.8 Å². The molecular formula is C54H97NO5. The summed E-state index contributed by atoms with van der Waals surface area (Å²) in [5.41, 5.74) is 0. The maximum Gasteiger partial charge on any atom is 0.306 e. The lowest BCUT2D eigenvalue weighted by Gasteiger charge is -2.24. The molecule has 348 valence electrons. The summed E-state index contributed by atoms with van der Waals surface area (Å²) in [5.74, 6) is -0.513. The van der Waals surface area contributed by atoms with Crippen LogP contribution in [0.3, 0.4) is 0 Å². The maximum absolute atomic E-state index is 13.2. The van der Waals surface area contributed by atoms with Crippen molar-refractivity contribution in [2.24, 2.45) is 0 Å². The van der Waals surface area contributed by atoms with Crippen molar-refractivity contribution in [1.29, 1.82) is 0 Å². The molecule has 0 saturated carbocycles. The van der Waals surface area contributed by atoms with E-state index in [-0.39, 0.29) is 24.9 Å². The van der Waals surface area contributed by atoms with Crippen LogP contribution in [0, 0.1) is 0 Å². The van der Waals surface area contributed by atoms with Crippen molar-refractivity contribution in [2.45, 2.75) is 264 Å². The fraction of sp³-hybridized carbons (Fsp3) is 0.778. The minimum absolute atomic E-state index is 0.0576. The van der Waals surface area contributed by atoms with E-state index in [1.54, 1.807) is 0 Å². The van der Waals surface area contributed by atoms with Gasteiger partial charge in [-0.25, -0.2) is 0 Å². The smallest absolute Gasteiger partial charge is 0.306 e. The Bertz CT molecular complexity index is 1080. The van der Waals surface area contributed by atoms with Gasteiger partial charge in [0.25, 0.3) is 0 Å². The number of aliphatic hydroxyl groups is 2. The Morgan fingerprint density at radius 3 is 1.40 bits per heavy atom. The van der Waals surface area contributed by atoms with Gasteiger partial charge < -0.3 is 20.3 Å². The minimum atomic E-state index is -0.796. The third-order valence-corrected chi connectivity index (χ3v) is 11.3. The van der Waals surface area contributed by atoms with Crippen LogP contribution < -0.4 is 5.32 Å². The Morgan fingerprint density at radius 1 is 0.500 bits per heavy atom. The second-order valence-electron chi connectivity index (χ2n) is 17.2. The maximum atomic E-state index is 13.2. The molecule has 1 amide bonds. The van der Waals surface area contributed by atoms with E-state index < -0.39 is 18.2 Å². The molecule has 3 N–H and O–H groups in total. The number of aliphatic hydroxyl groups excluding tert-OH is 2. The largest absolute Gasteiger partial charge is 0.462 e. The lowest BCUT2D eigenvalue weighted by Crippen LogP contribution is -2.46. The molecule has 60 heavy (non-hydrogen) atoms. The van der Waals surface area contributed by atoms with Gasteiger partial charge in [-0.15, -0.1) is 0 Å². The molecule has 0 aromatic carbocycles. The highest BCUT2D eigenvalue weighted by atomic mass is 16.5. The molecule has 0 bridgehead atoms. The van der Waals surface area contributed by atoms with Gasteiger partial charge in [0.2, 0.25) is 5.91 Å². The third-order valence-electron chi connectivity index (χ3n) is 11.3. The van der Waals surface area contributed by atoms with Crippen molar-refractivity contribution in [1.82, 2.24) is 5.32 Å². The lowest BCUT2D eigenvalue weighted by molar-refractivity contribution is -0.151. The van der Waals surface area contributed by atoms with Crippen molar-refractivity contribution in [3.63, 3.8) is 0 Å². The first-order valence-corrected chi connectivity index (χ1v) is 25.5. The van der Waals surface area contributed by atoms with Crippen molar-refractivity contribution >= 4 is 11.9 Å². The Hall–Kier alpha value is -2.44. The van der Waals surface area contributed by atoms with Gasteiger partial charge in [0, 0.05) is 6.42 Å². The van der Waals surface area contributed by atoms with Crippen molar-refractivity contribution in [3.8, 4) is 0 Å². The Morgan fingerprint density at radius 2 is 0.900 bits per heavy atom. The van der Waals surface area contributed by atoms with E-state index >= 15 is 0 Å². The first kappa shape index (κ1) is 57.6. The molecule has 0 saturated heterocycles. The van der Waals surface area contributed by atoms with Crippen LogP contribution in [-0.2, 0) is 14.3 Å². The van der Waals surface area contributed by atoms with E-state index in [1.807, 2.05) is 0 Å². The molecule has 0 aliphatic heterocycles.